The van der Waals surface area contributed by atoms with Crippen molar-refractivity contribution in [1.29, 1.82) is 0 Å². The molecule has 148 valence electrons. The summed E-state index contributed by atoms with van der Waals surface area (Å²) in [6.45, 7) is 2.66. The van der Waals surface area contributed by atoms with Crippen LogP contribution >= 0.6 is 11.6 Å². The Morgan fingerprint density at radius 2 is 1.61 bits per heavy atom. The van der Waals surface area contributed by atoms with E-state index in [1.165, 1.54) is 24.9 Å². The van der Waals surface area contributed by atoms with Gasteiger partial charge in [-0.05, 0) is 74.2 Å². The molecule has 0 aliphatic carbocycles. The van der Waals surface area contributed by atoms with Gasteiger partial charge in [-0.2, -0.15) is 0 Å². The largest absolute Gasteiger partial charge is 0.372 e. The summed E-state index contributed by atoms with van der Waals surface area (Å²) >= 11 is 5.81. The topological polar surface area (TPSA) is 61.4 Å². The third-order valence-electron chi connectivity index (χ3n) is 4.84. The Morgan fingerprint density at radius 1 is 0.929 bits per heavy atom. The molecule has 2 aromatic rings. The normalized spacial score (nSPS) is 13.8. The van der Waals surface area contributed by atoms with Gasteiger partial charge in [-0.25, -0.2) is 0 Å². The second-order valence-electron chi connectivity index (χ2n) is 7.01. The smallest absolute Gasteiger partial charge is 0.251 e. The quantitative estimate of drug-likeness (QED) is 0.675. The number of benzene rings is 2. The Morgan fingerprint density at radius 3 is 2.29 bits per heavy atom. The number of nitrogens with zero attached hydrogens (tertiary/aromatic N) is 1. The SMILES string of the molecule is O=C(CCCNC(=O)c1ccc(Cl)cc1)Nc1ccc(N2CCCCC2)cc1. The molecule has 2 amide bonds. The van der Waals surface area contributed by atoms with Crippen LogP contribution in [-0.4, -0.2) is 31.4 Å². The highest BCUT2D eigenvalue weighted by molar-refractivity contribution is 6.30. The Kier molecular flexibility index (Phi) is 7.31. The highest BCUT2D eigenvalue weighted by Crippen LogP contribution is 2.21. The van der Waals surface area contributed by atoms with E-state index >= 15 is 0 Å². The van der Waals surface area contributed by atoms with Gasteiger partial charge in [0.25, 0.3) is 5.91 Å². The maximum absolute atomic E-state index is 12.1. The lowest BCUT2D eigenvalue weighted by atomic mass is 10.1. The fourth-order valence-corrected chi connectivity index (χ4v) is 3.41. The van der Waals surface area contributed by atoms with E-state index in [4.69, 9.17) is 11.6 Å². The molecule has 3 rings (SSSR count). The van der Waals surface area contributed by atoms with Gasteiger partial charge < -0.3 is 15.5 Å². The molecule has 0 saturated carbocycles. The average molecular weight is 400 g/mol. The Bertz CT molecular complexity index is 784. The standard InChI is InChI=1S/C22H26ClN3O2/c23-18-8-6-17(7-9-18)22(28)24-14-4-5-21(27)25-19-10-12-20(13-11-19)26-15-2-1-3-16-26/h6-13H,1-5,14-16H2,(H,24,28)(H,25,27). The lowest BCUT2D eigenvalue weighted by Gasteiger charge is -2.28. The van der Waals surface area contributed by atoms with Crippen molar-refractivity contribution in [2.75, 3.05) is 29.9 Å². The van der Waals surface area contributed by atoms with Gasteiger partial charge in [0.05, 0.1) is 0 Å². The molecule has 28 heavy (non-hydrogen) atoms. The predicted molar refractivity (Wildman–Crippen MR) is 114 cm³/mol. The van der Waals surface area contributed by atoms with E-state index in [-0.39, 0.29) is 11.8 Å². The first kappa shape index (κ1) is 20.2. The molecule has 0 aromatic heterocycles. The second kappa shape index (κ2) is 10.1. The molecule has 5 nitrogen and oxygen atoms in total. The van der Waals surface area contributed by atoms with Gasteiger partial charge in [-0.15, -0.1) is 0 Å². The lowest BCUT2D eigenvalue weighted by molar-refractivity contribution is -0.116. The zero-order chi connectivity index (χ0) is 19.8. The van der Waals surface area contributed by atoms with Gasteiger partial charge in [0.15, 0.2) is 0 Å². The number of rotatable bonds is 7. The number of hydrogen-bond acceptors (Lipinski definition) is 3. The van der Waals surface area contributed by atoms with E-state index in [2.05, 4.69) is 27.7 Å². The van der Waals surface area contributed by atoms with Gasteiger partial charge in [0.1, 0.15) is 0 Å². The van der Waals surface area contributed by atoms with Crippen LogP contribution in [0.2, 0.25) is 5.02 Å². The van der Waals surface area contributed by atoms with Crippen LogP contribution in [0.25, 0.3) is 0 Å². The molecule has 0 bridgehead atoms. The van der Waals surface area contributed by atoms with E-state index < -0.39 is 0 Å². The number of amides is 2. The minimum absolute atomic E-state index is 0.0496. The first-order chi connectivity index (χ1) is 13.6. The summed E-state index contributed by atoms with van der Waals surface area (Å²) in [6.07, 6.45) is 4.73. The fourth-order valence-electron chi connectivity index (χ4n) is 3.29. The second-order valence-corrected chi connectivity index (χ2v) is 7.45. The average Bonchev–Trinajstić information content (AvgIpc) is 2.73. The minimum atomic E-state index is -0.162. The molecule has 1 saturated heterocycles. The van der Waals surface area contributed by atoms with Gasteiger partial charge in [0.2, 0.25) is 5.91 Å². The summed E-state index contributed by atoms with van der Waals surface area (Å²) < 4.78 is 0. The molecule has 0 atom stereocenters. The first-order valence-corrected chi connectivity index (χ1v) is 10.2. The van der Waals surface area contributed by atoms with Gasteiger partial charge in [-0.3, -0.25) is 9.59 Å². The highest BCUT2D eigenvalue weighted by Gasteiger charge is 2.11. The summed E-state index contributed by atoms with van der Waals surface area (Å²) in [6, 6.07) is 14.7. The summed E-state index contributed by atoms with van der Waals surface area (Å²) in [5, 5.41) is 6.32. The van der Waals surface area contributed by atoms with E-state index in [0.717, 1.165) is 18.8 Å². The van der Waals surface area contributed by atoms with Crippen LogP contribution in [0.15, 0.2) is 48.5 Å². The maximum Gasteiger partial charge on any atom is 0.251 e. The van der Waals surface area contributed by atoms with Crippen LogP contribution in [0.5, 0.6) is 0 Å². The predicted octanol–water partition coefficient (Wildman–Crippen LogP) is 4.48. The third kappa shape index (κ3) is 5.99. The third-order valence-corrected chi connectivity index (χ3v) is 5.10. The molecule has 2 N–H and O–H groups in total. The van der Waals surface area contributed by atoms with E-state index in [1.807, 2.05) is 12.1 Å². The number of piperidine rings is 1. The van der Waals surface area contributed by atoms with Crippen molar-refractivity contribution in [3.8, 4) is 0 Å². The highest BCUT2D eigenvalue weighted by atomic mass is 35.5. The van der Waals surface area contributed by atoms with E-state index in [0.29, 0.717) is 30.0 Å². The molecular weight excluding hydrogens is 374 g/mol. The van der Waals surface area contributed by atoms with Crippen LogP contribution < -0.4 is 15.5 Å². The van der Waals surface area contributed by atoms with Crippen LogP contribution in [0.4, 0.5) is 11.4 Å². The van der Waals surface area contributed by atoms with E-state index in [1.54, 1.807) is 24.3 Å². The Balaban J connectivity index is 1.37. The summed E-state index contributed by atoms with van der Waals surface area (Å²) in [7, 11) is 0. The molecule has 0 unspecified atom stereocenters. The molecule has 6 heteroatoms. The number of halogens is 1. The molecule has 1 aliphatic rings. The Labute approximate surface area is 171 Å². The van der Waals surface area contributed by atoms with Crippen LogP contribution in [0.3, 0.4) is 0 Å². The van der Waals surface area contributed by atoms with Crippen molar-refractivity contribution in [1.82, 2.24) is 5.32 Å². The number of nitrogens with one attached hydrogen (secondary N) is 2. The summed E-state index contributed by atoms with van der Waals surface area (Å²) in [4.78, 5) is 26.5. The molecule has 1 fully saturated rings. The fraction of sp³-hybridized carbons (Fsp3) is 0.364. The monoisotopic (exact) mass is 399 g/mol. The van der Waals surface area contributed by atoms with Crippen LogP contribution in [-0.2, 0) is 4.79 Å². The van der Waals surface area contributed by atoms with Crippen molar-refractivity contribution >= 4 is 34.8 Å². The molecule has 1 heterocycles. The lowest BCUT2D eigenvalue weighted by Crippen LogP contribution is -2.29. The van der Waals surface area contributed by atoms with E-state index in [9.17, 15) is 9.59 Å². The number of anilines is 2. The van der Waals surface area contributed by atoms with Gasteiger partial charge in [0, 0.05) is 48.0 Å². The van der Waals surface area contributed by atoms with Gasteiger partial charge in [-0.1, -0.05) is 11.6 Å². The minimum Gasteiger partial charge on any atom is -0.372 e. The van der Waals surface area contributed by atoms with Crippen molar-refractivity contribution in [2.45, 2.75) is 32.1 Å². The molecule has 1 aliphatic heterocycles. The van der Waals surface area contributed by atoms with Crippen molar-refractivity contribution < 1.29 is 9.59 Å². The molecular formula is C22H26ClN3O2. The zero-order valence-corrected chi connectivity index (χ0v) is 16.7. The number of hydrogen-bond donors (Lipinski definition) is 2. The summed E-state index contributed by atoms with van der Waals surface area (Å²) in [5.74, 6) is -0.211. The molecule has 0 radical (unpaired) electrons. The van der Waals surface area contributed by atoms with Crippen molar-refractivity contribution in [3.63, 3.8) is 0 Å². The zero-order valence-electron chi connectivity index (χ0n) is 15.9. The first-order valence-electron chi connectivity index (χ1n) is 9.80. The Hall–Kier alpha value is -2.53. The molecule has 0 spiro atoms. The number of carbonyl (C=O) groups is 2. The molecule has 2 aromatic carbocycles. The van der Waals surface area contributed by atoms with Crippen LogP contribution in [0.1, 0.15) is 42.5 Å². The van der Waals surface area contributed by atoms with Gasteiger partial charge >= 0.3 is 0 Å². The maximum atomic E-state index is 12.1. The van der Waals surface area contributed by atoms with Crippen LogP contribution in [0, 0.1) is 0 Å². The summed E-state index contributed by atoms with van der Waals surface area (Å²) in [5.41, 5.74) is 2.57. The van der Waals surface area contributed by atoms with Crippen molar-refractivity contribution in [3.05, 3.63) is 59.1 Å². The number of carbonyl (C=O) groups excluding carboxylic acids is 2. The van der Waals surface area contributed by atoms with Crippen molar-refractivity contribution in [2.24, 2.45) is 0 Å².